The average molecular weight is 343 g/mol. The fraction of sp³-hybridized carbons (Fsp3) is 0.444. The first-order chi connectivity index (χ1) is 12.1. The number of nitrogens with zero attached hydrogens (tertiary/aromatic N) is 3. The van der Waals surface area contributed by atoms with E-state index in [4.69, 9.17) is 4.74 Å². The highest BCUT2D eigenvalue weighted by Gasteiger charge is 2.10. The van der Waals surface area contributed by atoms with Gasteiger partial charge in [0.05, 0.1) is 24.6 Å². The summed E-state index contributed by atoms with van der Waals surface area (Å²) in [5.74, 6) is 0. The Labute approximate surface area is 148 Å². The van der Waals surface area contributed by atoms with Gasteiger partial charge in [-0.2, -0.15) is 5.10 Å². The molecule has 0 bridgehead atoms. The van der Waals surface area contributed by atoms with Crippen LogP contribution in [0.4, 0.5) is 10.5 Å². The van der Waals surface area contributed by atoms with Crippen molar-refractivity contribution in [3.8, 4) is 5.69 Å². The number of benzene rings is 1. The second-order valence-corrected chi connectivity index (χ2v) is 6.22. The first-order valence-electron chi connectivity index (χ1n) is 8.60. The molecule has 7 nitrogen and oxygen atoms in total. The van der Waals surface area contributed by atoms with Crippen LogP contribution in [-0.2, 0) is 4.74 Å². The number of hydrogen-bond donors (Lipinski definition) is 2. The number of amides is 2. The first kappa shape index (κ1) is 17.4. The molecule has 1 fully saturated rings. The van der Waals surface area contributed by atoms with Crippen molar-refractivity contribution in [3.05, 3.63) is 41.7 Å². The van der Waals surface area contributed by atoms with E-state index in [1.807, 2.05) is 48.9 Å². The van der Waals surface area contributed by atoms with E-state index >= 15 is 0 Å². The molecule has 0 saturated carbocycles. The number of aryl methyl sites for hydroxylation is 2. The fourth-order valence-corrected chi connectivity index (χ4v) is 2.93. The molecule has 2 N–H and O–H groups in total. The van der Waals surface area contributed by atoms with Gasteiger partial charge in [0.2, 0.25) is 0 Å². The molecule has 1 aromatic carbocycles. The highest BCUT2D eigenvalue weighted by Crippen LogP contribution is 2.16. The van der Waals surface area contributed by atoms with Crippen molar-refractivity contribution in [2.24, 2.45) is 0 Å². The number of morpholine rings is 1. The van der Waals surface area contributed by atoms with Gasteiger partial charge >= 0.3 is 6.03 Å². The Morgan fingerprint density at radius 2 is 2.04 bits per heavy atom. The molecular formula is C18H25N5O2. The molecule has 1 aliphatic rings. The van der Waals surface area contributed by atoms with Crippen molar-refractivity contribution in [2.75, 3.05) is 44.7 Å². The largest absolute Gasteiger partial charge is 0.379 e. The van der Waals surface area contributed by atoms with Crippen molar-refractivity contribution in [1.29, 1.82) is 0 Å². The lowest BCUT2D eigenvalue weighted by Gasteiger charge is -2.26. The van der Waals surface area contributed by atoms with Crippen LogP contribution >= 0.6 is 0 Å². The molecule has 1 saturated heterocycles. The van der Waals surface area contributed by atoms with Crippen molar-refractivity contribution >= 4 is 11.7 Å². The summed E-state index contributed by atoms with van der Waals surface area (Å²) < 4.78 is 7.19. The molecule has 2 heterocycles. The van der Waals surface area contributed by atoms with E-state index in [-0.39, 0.29) is 6.03 Å². The van der Waals surface area contributed by atoms with E-state index in [9.17, 15) is 4.79 Å². The van der Waals surface area contributed by atoms with Gasteiger partial charge in [-0.25, -0.2) is 9.48 Å². The number of carbonyl (C=O) groups is 1. The Hall–Kier alpha value is -2.38. The van der Waals surface area contributed by atoms with Gasteiger partial charge in [0.15, 0.2) is 0 Å². The fourth-order valence-electron chi connectivity index (χ4n) is 2.93. The van der Waals surface area contributed by atoms with Crippen LogP contribution in [0.3, 0.4) is 0 Å². The lowest BCUT2D eigenvalue weighted by molar-refractivity contribution is 0.0388. The highest BCUT2D eigenvalue weighted by molar-refractivity contribution is 5.89. The molecule has 1 aliphatic heterocycles. The summed E-state index contributed by atoms with van der Waals surface area (Å²) in [5, 5.41) is 10.3. The highest BCUT2D eigenvalue weighted by atomic mass is 16.5. The van der Waals surface area contributed by atoms with Crippen LogP contribution in [0.15, 0.2) is 30.3 Å². The lowest BCUT2D eigenvalue weighted by atomic mass is 10.2. The average Bonchev–Trinajstić information content (AvgIpc) is 2.94. The van der Waals surface area contributed by atoms with E-state index in [1.54, 1.807) is 0 Å². The van der Waals surface area contributed by atoms with Crippen LogP contribution in [0.2, 0.25) is 0 Å². The maximum absolute atomic E-state index is 12.1. The van der Waals surface area contributed by atoms with Crippen LogP contribution in [0, 0.1) is 13.8 Å². The third-order valence-electron chi connectivity index (χ3n) is 4.18. The molecule has 2 aromatic rings. The molecular weight excluding hydrogens is 318 g/mol. The zero-order chi connectivity index (χ0) is 17.6. The van der Waals surface area contributed by atoms with Gasteiger partial charge in [-0.15, -0.1) is 0 Å². The van der Waals surface area contributed by atoms with Crippen LogP contribution < -0.4 is 10.6 Å². The minimum Gasteiger partial charge on any atom is -0.379 e. The van der Waals surface area contributed by atoms with E-state index in [2.05, 4.69) is 20.6 Å². The Morgan fingerprint density at radius 3 is 2.76 bits per heavy atom. The molecule has 0 atom stereocenters. The van der Waals surface area contributed by atoms with Gasteiger partial charge in [0.1, 0.15) is 0 Å². The van der Waals surface area contributed by atoms with Crippen molar-refractivity contribution in [1.82, 2.24) is 20.0 Å². The number of aromatic nitrogens is 2. The molecule has 0 spiro atoms. The zero-order valence-corrected chi connectivity index (χ0v) is 14.8. The summed E-state index contributed by atoms with van der Waals surface area (Å²) in [5.41, 5.74) is 3.70. The maximum atomic E-state index is 12.1. The minimum absolute atomic E-state index is 0.196. The van der Waals surface area contributed by atoms with Crippen LogP contribution in [-0.4, -0.2) is 60.1 Å². The molecule has 0 unspecified atom stereocenters. The van der Waals surface area contributed by atoms with Gasteiger partial charge in [-0.05, 0) is 38.1 Å². The van der Waals surface area contributed by atoms with E-state index < -0.39 is 0 Å². The standard InChI is InChI=1S/C18H25N5O2/c1-14-12-15(2)23(21-14)17-5-3-4-16(13-17)20-18(24)19-6-7-22-8-10-25-11-9-22/h3-5,12-13H,6-11H2,1-2H3,(H2,19,20,24). The first-order valence-corrected chi connectivity index (χ1v) is 8.60. The Kier molecular flexibility index (Phi) is 5.67. The van der Waals surface area contributed by atoms with Gasteiger partial charge in [-0.1, -0.05) is 6.07 Å². The zero-order valence-electron chi connectivity index (χ0n) is 14.8. The Balaban J connectivity index is 1.53. The number of carbonyl (C=O) groups excluding carboxylic acids is 1. The number of nitrogens with one attached hydrogen (secondary N) is 2. The molecule has 0 aliphatic carbocycles. The predicted molar refractivity (Wildman–Crippen MR) is 97.3 cm³/mol. The molecule has 1 aromatic heterocycles. The van der Waals surface area contributed by atoms with Crippen molar-refractivity contribution in [3.63, 3.8) is 0 Å². The van der Waals surface area contributed by atoms with Crippen molar-refractivity contribution in [2.45, 2.75) is 13.8 Å². The summed E-state index contributed by atoms with van der Waals surface area (Å²) in [7, 11) is 0. The van der Waals surface area contributed by atoms with E-state index in [0.717, 1.165) is 55.6 Å². The Morgan fingerprint density at radius 1 is 1.24 bits per heavy atom. The third kappa shape index (κ3) is 4.80. The smallest absolute Gasteiger partial charge is 0.319 e. The SMILES string of the molecule is Cc1cc(C)n(-c2cccc(NC(=O)NCCN3CCOCC3)c2)n1. The second-order valence-electron chi connectivity index (χ2n) is 6.22. The van der Waals surface area contributed by atoms with Crippen LogP contribution in [0.5, 0.6) is 0 Å². The number of anilines is 1. The van der Waals surface area contributed by atoms with E-state index in [0.29, 0.717) is 6.54 Å². The number of ether oxygens (including phenoxy) is 1. The van der Waals surface area contributed by atoms with Gasteiger partial charge in [0.25, 0.3) is 0 Å². The third-order valence-corrected chi connectivity index (χ3v) is 4.18. The van der Waals surface area contributed by atoms with Crippen LogP contribution in [0.25, 0.3) is 5.69 Å². The topological polar surface area (TPSA) is 71.4 Å². The minimum atomic E-state index is -0.196. The number of hydrogen-bond acceptors (Lipinski definition) is 4. The molecule has 25 heavy (non-hydrogen) atoms. The van der Waals surface area contributed by atoms with Gasteiger partial charge in [-0.3, -0.25) is 4.90 Å². The molecule has 2 amide bonds. The van der Waals surface area contributed by atoms with Crippen molar-refractivity contribution < 1.29 is 9.53 Å². The second kappa shape index (κ2) is 8.13. The molecule has 7 heteroatoms. The summed E-state index contributed by atoms with van der Waals surface area (Å²) in [4.78, 5) is 14.4. The van der Waals surface area contributed by atoms with Gasteiger partial charge in [0, 0.05) is 37.6 Å². The molecule has 134 valence electrons. The normalized spacial score (nSPS) is 15.1. The quantitative estimate of drug-likeness (QED) is 0.870. The summed E-state index contributed by atoms with van der Waals surface area (Å²) in [6.45, 7) is 8.82. The monoisotopic (exact) mass is 343 g/mol. The summed E-state index contributed by atoms with van der Waals surface area (Å²) >= 11 is 0. The number of rotatable bonds is 5. The van der Waals surface area contributed by atoms with E-state index in [1.165, 1.54) is 0 Å². The number of urea groups is 1. The Bertz CT molecular complexity index is 722. The molecule has 3 rings (SSSR count). The molecule has 0 radical (unpaired) electrons. The van der Waals surface area contributed by atoms with Crippen LogP contribution in [0.1, 0.15) is 11.4 Å². The predicted octanol–water partition coefficient (Wildman–Crippen LogP) is 1.94. The lowest BCUT2D eigenvalue weighted by Crippen LogP contribution is -2.42. The summed E-state index contributed by atoms with van der Waals surface area (Å²) in [6.07, 6.45) is 0. The maximum Gasteiger partial charge on any atom is 0.319 e. The van der Waals surface area contributed by atoms with Gasteiger partial charge < -0.3 is 15.4 Å². The summed E-state index contributed by atoms with van der Waals surface area (Å²) in [6, 6.07) is 9.51.